The molecule has 0 spiro atoms. The minimum absolute atomic E-state index is 0.00862. The highest BCUT2D eigenvalue weighted by Crippen LogP contribution is 2.22. The Hall–Kier alpha value is -2.73. The van der Waals surface area contributed by atoms with Crippen molar-refractivity contribution in [1.82, 2.24) is 15.3 Å². The Labute approximate surface area is 157 Å². The monoisotopic (exact) mass is 367 g/mol. The Balaban J connectivity index is 1.38. The molecule has 0 atom stereocenters. The van der Waals surface area contributed by atoms with E-state index in [1.807, 2.05) is 48.7 Å². The fourth-order valence-corrected chi connectivity index (χ4v) is 3.23. The first-order chi connectivity index (χ1) is 12.7. The summed E-state index contributed by atoms with van der Waals surface area (Å²) in [5.41, 5.74) is 2.95. The third-order valence-corrected chi connectivity index (χ3v) is 4.77. The molecule has 0 bridgehead atoms. The molecule has 0 aliphatic rings. The maximum Gasteiger partial charge on any atom is 0.220 e. The van der Waals surface area contributed by atoms with E-state index in [2.05, 4.69) is 15.3 Å². The Kier molecular flexibility index (Phi) is 6.33. The first-order valence-electron chi connectivity index (χ1n) is 8.52. The zero-order chi connectivity index (χ0) is 18.2. The van der Waals surface area contributed by atoms with Crippen molar-refractivity contribution in [3.63, 3.8) is 0 Å². The molecule has 1 aromatic carbocycles. The minimum Gasteiger partial charge on any atom is -0.493 e. The van der Waals surface area contributed by atoms with Gasteiger partial charge in [0.2, 0.25) is 5.91 Å². The van der Waals surface area contributed by atoms with Gasteiger partial charge in [-0.3, -0.25) is 9.78 Å². The van der Waals surface area contributed by atoms with Gasteiger partial charge in [-0.25, -0.2) is 4.98 Å². The minimum atomic E-state index is 0.00862. The summed E-state index contributed by atoms with van der Waals surface area (Å²) in [4.78, 5) is 20.6. The standard InChI is InChI=1S/C20H21N3O2S/c1-15-6-2-3-8-18(15)25-11-5-9-19(24)22-13-17-14-26-20(23-17)16-7-4-10-21-12-16/h2-4,6-8,10,12,14H,5,9,11,13H2,1H3,(H,22,24). The Morgan fingerprint density at radius 1 is 1.23 bits per heavy atom. The number of thiazole rings is 1. The number of hydrogen-bond donors (Lipinski definition) is 1. The van der Waals surface area contributed by atoms with E-state index in [0.717, 1.165) is 27.6 Å². The molecule has 2 heterocycles. The number of carbonyl (C=O) groups excluding carboxylic acids is 1. The summed E-state index contributed by atoms with van der Waals surface area (Å²) in [5.74, 6) is 0.882. The number of benzene rings is 1. The van der Waals surface area contributed by atoms with Crippen molar-refractivity contribution in [2.75, 3.05) is 6.61 Å². The molecule has 0 fully saturated rings. The zero-order valence-electron chi connectivity index (χ0n) is 14.6. The van der Waals surface area contributed by atoms with E-state index in [-0.39, 0.29) is 5.91 Å². The highest BCUT2D eigenvalue weighted by Gasteiger charge is 2.07. The van der Waals surface area contributed by atoms with E-state index in [1.54, 1.807) is 23.7 Å². The highest BCUT2D eigenvalue weighted by atomic mass is 32.1. The van der Waals surface area contributed by atoms with Gasteiger partial charge in [-0.05, 0) is 37.1 Å². The van der Waals surface area contributed by atoms with Crippen molar-refractivity contribution in [2.24, 2.45) is 0 Å². The van der Waals surface area contributed by atoms with Gasteiger partial charge in [0.25, 0.3) is 0 Å². The van der Waals surface area contributed by atoms with E-state index in [0.29, 0.717) is 26.0 Å². The summed E-state index contributed by atoms with van der Waals surface area (Å²) in [5, 5.41) is 5.78. The van der Waals surface area contributed by atoms with Crippen molar-refractivity contribution in [3.05, 3.63) is 65.4 Å². The van der Waals surface area contributed by atoms with Crippen molar-refractivity contribution in [3.8, 4) is 16.3 Å². The number of para-hydroxylation sites is 1. The third kappa shape index (κ3) is 5.13. The summed E-state index contributed by atoms with van der Waals surface area (Å²) >= 11 is 1.55. The Morgan fingerprint density at radius 3 is 2.92 bits per heavy atom. The van der Waals surface area contributed by atoms with Crippen LogP contribution >= 0.6 is 11.3 Å². The third-order valence-electron chi connectivity index (χ3n) is 3.83. The van der Waals surface area contributed by atoms with Gasteiger partial charge in [-0.2, -0.15) is 0 Å². The molecule has 0 saturated carbocycles. The first kappa shape index (κ1) is 18.1. The SMILES string of the molecule is Cc1ccccc1OCCCC(=O)NCc1csc(-c2cccnc2)n1. The van der Waals surface area contributed by atoms with E-state index < -0.39 is 0 Å². The summed E-state index contributed by atoms with van der Waals surface area (Å²) in [7, 11) is 0. The lowest BCUT2D eigenvalue weighted by Gasteiger charge is -2.08. The van der Waals surface area contributed by atoms with Crippen LogP contribution in [0.2, 0.25) is 0 Å². The topological polar surface area (TPSA) is 64.1 Å². The zero-order valence-corrected chi connectivity index (χ0v) is 15.5. The number of nitrogens with one attached hydrogen (secondary N) is 1. The molecule has 0 aliphatic heterocycles. The molecule has 0 aliphatic carbocycles. The largest absolute Gasteiger partial charge is 0.493 e. The van der Waals surface area contributed by atoms with Crippen LogP contribution in [0.1, 0.15) is 24.1 Å². The fraction of sp³-hybridized carbons (Fsp3) is 0.250. The van der Waals surface area contributed by atoms with Gasteiger partial charge in [-0.15, -0.1) is 11.3 Å². The number of pyridine rings is 1. The molecule has 1 N–H and O–H groups in total. The molecule has 5 nitrogen and oxygen atoms in total. The van der Waals surface area contributed by atoms with Crippen LogP contribution in [0.25, 0.3) is 10.6 Å². The van der Waals surface area contributed by atoms with Crippen LogP contribution in [0.15, 0.2) is 54.2 Å². The lowest BCUT2D eigenvalue weighted by Crippen LogP contribution is -2.23. The van der Waals surface area contributed by atoms with E-state index in [1.165, 1.54) is 0 Å². The summed E-state index contributed by atoms with van der Waals surface area (Å²) in [6.07, 6.45) is 4.64. The predicted octanol–water partition coefficient (Wildman–Crippen LogP) is 3.99. The maximum absolute atomic E-state index is 12.0. The van der Waals surface area contributed by atoms with E-state index >= 15 is 0 Å². The number of nitrogens with zero attached hydrogens (tertiary/aromatic N) is 2. The van der Waals surface area contributed by atoms with Crippen LogP contribution in [-0.2, 0) is 11.3 Å². The Morgan fingerprint density at radius 2 is 2.12 bits per heavy atom. The molecular formula is C20H21N3O2S. The second-order valence-corrected chi connectivity index (χ2v) is 6.74. The van der Waals surface area contributed by atoms with Crippen LogP contribution in [0.5, 0.6) is 5.75 Å². The molecule has 26 heavy (non-hydrogen) atoms. The van der Waals surface area contributed by atoms with Crippen LogP contribution in [0.3, 0.4) is 0 Å². The van der Waals surface area contributed by atoms with Crippen molar-refractivity contribution < 1.29 is 9.53 Å². The average molecular weight is 367 g/mol. The van der Waals surface area contributed by atoms with Gasteiger partial charge in [0.05, 0.1) is 18.8 Å². The molecule has 3 aromatic rings. The van der Waals surface area contributed by atoms with Gasteiger partial charge in [0, 0.05) is 29.8 Å². The second-order valence-electron chi connectivity index (χ2n) is 5.88. The van der Waals surface area contributed by atoms with Gasteiger partial charge in [0.15, 0.2) is 0 Å². The molecule has 0 saturated heterocycles. The predicted molar refractivity (Wildman–Crippen MR) is 103 cm³/mol. The molecule has 6 heteroatoms. The molecular weight excluding hydrogens is 346 g/mol. The molecule has 2 aromatic heterocycles. The number of rotatable bonds is 8. The molecule has 134 valence electrons. The summed E-state index contributed by atoms with van der Waals surface area (Å²) in [6, 6.07) is 11.7. The molecule has 0 radical (unpaired) electrons. The van der Waals surface area contributed by atoms with Crippen LogP contribution < -0.4 is 10.1 Å². The van der Waals surface area contributed by atoms with Gasteiger partial charge < -0.3 is 10.1 Å². The number of amides is 1. The van der Waals surface area contributed by atoms with Gasteiger partial charge in [0.1, 0.15) is 10.8 Å². The van der Waals surface area contributed by atoms with Crippen molar-refractivity contribution in [1.29, 1.82) is 0 Å². The average Bonchev–Trinajstić information content (AvgIpc) is 3.15. The smallest absolute Gasteiger partial charge is 0.220 e. The van der Waals surface area contributed by atoms with Crippen LogP contribution in [0.4, 0.5) is 0 Å². The normalized spacial score (nSPS) is 10.5. The fourth-order valence-electron chi connectivity index (χ4n) is 2.42. The van der Waals surface area contributed by atoms with E-state index in [9.17, 15) is 4.79 Å². The number of hydrogen-bond acceptors (Lipinski definition) is 5. The number of aryl methyl sites for hydroxylation is 1. The number of aromatic nitrogens is 2. The molecule has 0 unspecified atom stereocenters. The summed E-state index contributed by atoms with van der Waals surface area (Å²) < 4.78 is 5.71. The lowest BCUT2D eigenvalue weighted by atomic mass is 10.2. The number of ether oxygens (including phenoxy) is 1. The van der Waals surface area contributed by atoms with Crippen molar-refractivity contribution >= 4 is 17.2 Å². The maximum atomic E-state index is 12.0. The Bertz CT molecular complexity index is 849. The number of carbonyl (C=O) groups is 1. The second kappa shape index (κ2) is 9.10. The quantitative estimate of drug-likeness (QED) is 0.612. The first-order valence-corrected chi connectivity index (χ1v) is 9.40. The van der Waals surface area contributed by atoms with Crippen LogP contribution in [0, 0.1) is 6.92 Å². The summed E-state index contributed by atoms with van der Waals surface area (Å²) in [6.45, 7) is 2.98. The highest BCUT2D eigenvalue weighted by molar-refractivity contribution is 7.13. The molecule has 3 rings (SSSR count). The lowest BCUT2D eigenvalue weighted by molar-refractivity contribution is -0.121. The molecule has 1 amide bonds. The van der Waals surface area contributed by atoms with Gasteiger partial charge >= 0.3 is 0 Å². The van der Waals surface area contributed by atoms with Crippen molar-refractivity contribution in [2.45, 2.75) is 26.3 Å². The van der Waals surface area contributed by atoms with Gasteiger partial charge in [-0.1, -0.05) is 18.2 Å². The van der Waals surface area contributed by atoms with Crippen LogP contribution in [-0.4, -0.2) is 22.5 Å². The van der Waals surface area contributed by atoms with E-state index in [4.69, 9.17) is 4.74 Å².